The molecule has 1 aliphatic rings. The van der Waals surface area contributed by atoms with Crippen molar-refractivity contribution in [3.8, 4) is 5.75 Å². The van der Waals surface area contributed by atoms with Gasteiger partial charge in [-0.3, -0.25) is 10.1 Å². The normalized spacial score (nSPS) is 15.7. The van der Waals surface area contributed by atoms with Gasteiger partial charge in [-0.2, -0.15) is 0 Å². The van der Waals surface area contributed by atoms with Gasteiger partial charge in [0.25, 0.3) is 0 Å². The molecule has 7 nitrogen and oxygen atoms in total. The molecule has 0 saturated heterocycles. The summed E-state index contributed by atoms with van der Waals surface area (Å²) in [5, 5.41) is 20.8. The van der Waals surface area contributed by atoms with Crippen molar-refractivity contribution in [1.82, 2.24) is 0 Å². The first kappa shape index (κ1) is 18.4. The van der Waals surface area contributed by atoms with Gasteiger partial charge in [-0.15, -0.1) is 0 Å². The molecule has 1 unspecified atom stereocenters. The van der Waals surface area contributed by atoms with Gasteiger partial charge >= 0.3 is 7.12 Å². The fourth-order valence-electron chi connectivity index (χ4n) is 2.91. The third kappa shape index (κ3) is 4.60. The van der Waals surface area contributed by atoms with Gasteiger partial charge in [-0.05, 0) is 17.2 Å². The molecule has 3 rings (SSSR count). The molecule has 1 atom stereocenters. The van der Waals surface area contributed by atoms with Crippen LogP contribution in [0.1, 0.15) is 23.7 Å². The van der Waals surface area contributed by atoms with Crippen molar-refractivity contribution in [3.05, 3.63) is 69.8 Å². The van der Waals surface area contributed by atoms with Crippen molar-refractivity contribution in [1.29, 1.82) is 0 Å². The average Bonchev–Trinajstić information content (AvgIpc) is 2.95. The lowest BCUT2D eigenvalue weighted by Crippen LogP contribution is -2.30. The summed E-state index contributed by atoms with van der Waals surface area (Å²) in [6.07, 6.45) is -0.0704. The number of fused-ring (bicyclic) bond motifs is 1. The summed E-state index contributed by atoms with van der Waals surface area (Å²) in [4.78, 5) is 10.3. The molecule has 0 amide bonds. The van der Waals surface area contributed by atoms with Crippen molar-refractivity contribution in [3.63, 3.8) is 0 Å². The largest absolute Gasteiger partial charge is 0.496 e. The molecule has 136 valence electrons. The van der Waals surface area contributed by atoms with E-state index in [1.807, 2.05) is 30.3 Å². The summed E-state index contributed by atoms with van der Waals surface area (Å²) in [5.41, 5.74) is 2.20. The summed E-state index contributed by atoms with van der Waals surface area (Å²) >= 11 is 0. The zero-order chi connectivity index (χ0) is 18.4. The Morgan fingerprint density at radius 1 is 1.15 bits per heavy atom. The Kier molecular flexibility index (Phi) is 6.22. The zero-order valence-corrected chi connectivity index (χ0v) is 14.2. The lowest BCUT2D eigenvalue weighted by atomic mass is 9.78. The van der Waals surface area contributed by atoms with Crippen LogP contribution in [0.2, 0.25) is 0 Å². The number of hydrogen-bond donors (Lipinski definition) is 1. The Balaban J connectivity index is 1.48. The minimum Gasteiger partial charge on any atom is -0.494 e. The molecule has 2 aromatic carbocycles. The number of ether oxygens (including phenoxy) is 2. The third-order valence-electron chi connectivity index (χ3n) is 4.10. The summed E-state index contributed by atoms with van der Waals surface area (Å²) < 4.78 is 16.6. The minimum absolute atomic E-state index is 0.388. The van der Waals surface area contributed by atoms with Crippen LogP contribution in [-0.4, -0.2) is 36.8 Å². The molecule has 0 aromatic heterocycles. The van der Waals surface area contributed by atoms with E-state index in [4.69, 9.17) is 14.1 Å². The van der Waals surface area contributed by atoms with Crippen molar-refractivity contribution in [2.45, 2.75) is 19.1 Å². The van der Waals surface area contributed by atoms with Crippen LogP contribution in [-0.2, 0) is 16.0 Å². The lowest BCUT2D eigenvalue weighted by molar-refractivity contribution is -0.490. The van der Waals surface area contributed by atoms with Gasteiger partial charge in [0.15, 0.2) is 0 Å². The molecule has 1 N–H and O–H groups in total. The number of rotatable bonds is 9. The van der Waals surface area contributed by atoms with Gasteiger partial charge < -0.3 is 19.2 Å². The molecular weight excluding hydrogens is 337 g/mol. The van der Waals surface area contributed by atoms with Crippen LogP contribution in [0.4, 0.5) is 0 Å². The smallest absolute Gasteiger partial charge is 0.494 e. The molecule has 1 heterocycles. The summed E-state index contributed by atoms with van der Waals surface area (Å²) in [5.74, 6) is 0.490. The van der Waals surface area contributed by atoms with E-state index in [-0.39, 0.29) is 6.54 Å². The van der Waals surface area contributed by atoms with E-state index >= 15 is 0 Å². The molecule has 8 heteroatoms. The first-order valence-electron chi connectivity index (χ1n) is 8.47. The second-order valence-corrected chi connectivity index (χ2v) is 5.99. The van der Waals surface area contributed by atoms with Crippen molar-refractivity contribution in [2.75, 3.05) is 19.8 Å². The quantitative estimate of drug-likeness (QED) is 0.318. The number of benzene rings is 2. The maximum absolute atomic E-state index is 10.7. The van der Waals surface area contributed by atoms with Crippen molar-refractivity contribution >= 4 is 12.6 Å². The molecule has 1 aliphatic heterocycles. The Bertz CT molecular complexity index is 742. The lowest BCUT2D eigenvalue weighted by Gasteiger charge is -2.11. The average molecular weight is 357 g/mol. The van der Waals surface area contributed by atoms with Gasteiger partial charge in [-0.25, -0.2) is 0 Å². The highest BCUT2D eigenvalue weighted by molar-refractivity contribution is 6.62. The van der Waals surface area contributed by atoms with E-state index in [1.54, 1.807) is 18.2 Å². The monoisotopic (exact) mass is 357 g/mol. The second kappa shape index (κ2) is 8.80. The van der Waals surface area contributed by atoms with Crippen LogP contribution in [0.15, 0.2) is 48.5 Å². The molecule has 2 aromatic rings. The summed E-state index contributed by atoms with van der Waals surface area (Å²) in [6, 6.07) is 15.1. The fraction of sp³-hybridized carbons (Fsp3) is 0.333. The maximum Gasteiger partial charge on any atom is 0.496 e. The van der Waals surface area contributed by atoms with Gasteiger partial charge in [0, 0.05) is 16.8 Å². The van der Waals surface area contributed by atoms with Gasteiger partial charge in [0.2, 0.25) is 6.54 Å². The van der Waals surface area contributed by atoms with E-state index in [0.717, 1.165) is 5.56 Å². The highest BCUT2D eigenvalue weighted by atomic mass is 16.6. The van der Waals surface area contributed by atoms with Crippen LogP contribution < -0.4 is 10.2 Å². The predicted molar refractivity (Wildman–Crippen MR) is 95.9 cm³/mol. The van der Waals surface area contributed by atoms with E-state index in [2.05, 4.69) is 0 Å². The van der Waals surface area contributed by atoms with E-state index in [1.165, 1.54) is 0 Å². The van der Waals surface area contributed by atoms with Gasteiger partial charge in [-0.1, -0.05) is 42.5 Å². The van der Waals surface area contributed by atoms with Crippen LogP contribution in [0.3, 0.4) is 0 Å². The second-order valence-electron chi connectivity index (χ2n) is 5.99. The molecule has 26 heavy (non-hydrogen) atoms. The topological polar surface area (TPSA) is 91.1 Å². The maximum atomic E-state index is 10.7. The highest BCUT2D eigenvalue weighted by Crippen LogP contribution is 2.27. The van der Waals surface area contributed by atoms with E-state index in [9.17, 15) is 15.1 Å². The van der Waals surface area contributed by atoms with Crippen LogP contribution >= 0.6 is 0 Å². The van der Waals surface area contributed by atoms with E-state index in [0.29, 0.717) is 43.0 Å². The van der Waals surface area contributed by atoms with Crippen molar-refractivity contribution < 1.29 is 24.1 Å². The Morgan fingerprint density at radius 3 is 2.73 bits per heavy atom. The first-order chi connectivity index (χ1) is 12.6. The molecule has 0 radical (unpaired) electrons. The molecule has 0 saturated carbocycles. The fourth-order valence-corrected chi connectivity index (χ4v) is 2.91. The standard InChI is InChI=1S/C18H20BNO6/c21-19-18-15(17(26-19)12-20(22)23)8-4-9-16(18)25-11-5-10-24-13-14-6-2-1-3-7-14/h1-4,6-9,17,21H,5,10-13H2. The Morgan fingerprint density at radius 2 is 1.96 bits per heavy atom. The third-order valence-corrected chi connectivity index (χ3v) is 4.10. The Labute approximate surface area is 151 Å². The molecule has 0 fully saturated rings. The molecule has 0 aliphatic carbocycles. The van der Waals surface area contributed by atoms with Gasteiger partial charge in [0.05, 0.1) is 19.8 Å². The Hall–Kier alpha value is -2.42. The molecular formula is C18H20BNO6. The summed E-state index contributed by atoms with van der Waals surface area (Å²) in [7, 11) is -1.21. The van der Waals surface area contributed by atoms with Crippen LogP contribution in [0, 0.1) is 10.1 Å². The number of nitrogens with zero attached hydrogens (tertiary/aromatic N) is 1. The molecule has 0 bridgehead atoms. The SMILES string of the molecule is O=[N+]([O-])CC1OB(O)c2c(OCCCOCc3ccccc3)cccc21. The summed E-state index contributed by atoms with van der Waals surface area (Å²) in [6.45, 7) is 1.13. The predicted octanol–water partition coefficient (Wildman–Crippen LogP) is 1.71. The number of hydrogen-bond acceptors (Lipinski definition) is 6. The van der Waals surface area contributed by atoms with Crippen molar-refractivity contribution in [2.24, 2.45) is 0 Å². The van der Waals surface area contributed by atoms with Gasteiger partial charge in [0.1, 0.15) is 11.9 Å². The zero-order valence-electron chi connectivity index (χ0n) is 14.2. The molecule has 0 spiro atoms. The van der Waals surface area contributed by atoms with E-state index < -0.39 is 18.1 Å². The first-order valence-corrected chi connectivity index (χ1v) is 8.47. The highest BCUT2D eigenvalue weighted by Gasteiger charge is 2.40. The number of nitro groups is 1. The van der Waals surface area contributed by atoms with Crippen LogP contribution in [0.5, 0.6) is 5.75 Å². The minimum atomic E-state index is -1.21. The van der Waals surface area contributed by atoms with Crippen LogP contribution in [0.25, 0.3) is 0 Å².